The van der Waals surface area contributed by atoms with Gasteiger partial charge in [-0.05, 0) is 19.8 Å². The van der Waals surface area contributed by atoms with Crippen molar-refractivity contribution in [1.82, 2.24) is 9.97 Å². The van der Waals surface area contributed by atoms with Crippen LogP contribution in [-0.4, -0.2) is 40.4 Å². The summed E-state index contributed by atoms with van der Waals surface area (Å²) in [4.78, 5) is 9.02. The van der Waals surface area contributed by atoms with Gasteiger partial charge in [0.25, 0.3) is 0 Å². The molecule has 2 heterocycles. The smallest absolute Gasteiger partial charge is 0.148 e. The van der Waals surface area contributed by atoms with Gasteiger partial charge >= 0.3 is 0 Å². The maximum Gasteiger partial charge on any atom is 0.148 e. The van der Waals surface area contributed by atoms with Crippen LogP contribution >= 0.6 is 0 Å². The van der Waals surface area contributed by atoms with Crippen molar-refractivity contribution in [2.24, 2.45) is 5.84 Å². The molecular formula is C14H25N5O2. The Labute approximate surface area is 125 Å². The van der Waals surface area contributed by atoms with Crippen LogP contribution in [-0.2, 0) is 4.74 Å². The Hall–Kier alpha value is -1.44. The number of aliphatic hydroxyl groups is 1. The zero-order valence-corrected chi connectivity index (χ0v) is 12.9. The number of nitrogens with one attached hydrogen (secondary N) is 2. The maximum atomic E-state index is 9.80. The molecule has 1 fully saturated rings. The van der Waals surface area contributed by atoms with Gasteiger partial charge < -0.3 is 20.6 Å². The van der Waals surface area contributed by atoms with E-state index >= 15 is 0 Å². The molecule has 5 N–H and O–H groups in total. The lowest BCUT2D eigenvalue weighted by molar-refractivity contribution is 0.0378. The molecule has 0 aliphatic carbocycles. The van der Waals surface area contributed by atoms with Gasteiger partial charge in [-0.2, -0.15) is 0 Å². The fourth-order valence-corrected chi connectivity index (χ4v) is 2.39. The predicted octanol–water partition coefficient (Wildman–Crippen LogP) is 1.15. The number of anilines is 2. The number of ether oxygens (including phenoxy) is 1. The van der Waals surface area contributed by atoms with Crippen molar-refractivity contribution >= 4 is 11.6 Å². The summed E-state index contributed by atoms with van der Waals surface area (Å²) in [7, 11) is 0. The van der Waals surface area contributed by atoms with Gasteiger partial charge in [0, 0.05) is 24.7 Å². The molecule has 0 atom stereocenters. The van der Waals surface area contributed by atoms with Gasteiger partial charge in [0.2, 0.25) is 0 Å². The molecule has 1 aromatic rings. The van der Waals surface area contributed by atoms with Crippen LogP contribution in [0.15, 0.2) is 0 Å². The number of rotatable bonds is 5. The molecule has 7 heteroatoms. The summed E-state index contributed by atoms with van der Waals surface area (Å²) in [5, 5.41) is 13.2. The van der Waals surface area contributed by atoms with Crippen LogP contribution in [0.5, 0.6) is 0 Å². The first-order chi connectivity index (χ1) is 10.0. The van der Waals surface area contributed by atoms with Crippen molar-refractivity contribution in [3.8, 4) is 0 Å². The Morgan fingerprint density at radius 1 is 1.29 bits per heavy atom. The molecule has 1 saturated heterocycles. The molecule has 0 spiro atoms. The first-order valence-electron chi connectivity index (χ1n) is 7.33. The van der Waals surface area contributed by atoms with Crippen LogP contribution in [0.25, 0.3) is 0 Å². The van der Waals surface area contributed by atoms with Gasteiger partial charge in [-0.25, -0.2) is 15.8 Å². The van der Waals surface area contributed by atoms with Crippen molar-refractivity contribution in [2.75, 3.05) is 30.6 Å². The van der Waals surface area contributed by atoms with E-state index in [1.165, 1.54) is 0 Å². The summed E-state index contributed by atoms with van der Waals surface area (Å²) in [6.45, 7) is 7.29. The molecule has 0 unspecified atom stereocenters. The lowest BCUT2D eigenvalue weighted by Crippen LogP contribution is -2.47. The fraction of sp³-hybridized carbons (Fsp3) is 0.714. The third-order valence-electron chi connectivity index (χ3n) is 3.95. The number of aliphatic hydroxyl groups excluding tert-OH is 1. The van der Waals surface area contributed by atoms with Crippen LogP contribution in [0.3, 0.4) is 0 Å². The standard InChI is InChI=1S/C14H25N5O2/c1-9(2)11-16-12(10(3)13(17-11)19-15)18-14(8-20)4-6-21-7-5-14/h9,20H,4-8,15H2,1-3H3,(H2,16,17,18,19). The summed E-state index contributed by atoms with van der Waals surface area (Å²) in [5.41, 5.74) is 3.08. The molecule has 21 heavy (non-hydrogen) atoms. The topological polar surface area (TPSA) is 105 Å². The molecule has 0 bridgehead atoms. The number of nitrogens with two attached hydrogens (primary N) is 1. The number of hydrazine groups is 1. The van der Waals surface area contributed by atoms with E-state index in [9.17, 15) is 5.11 Å². The van der Waals surface area contributed by atoms with E-state index in [0.29, 0.717) is 19.0 Å². The van der Waals surface area contributed by atoms with E-state index in [1.807, 2.05) is 20.8 Å². The Morgan fingerprint density at radius 2 is 1.90 bits per heavy atom. The number of nitrogen functional groups attached to an aromatic ring is 1. The van der Waals surface area contributed by atoms with Crippen LogP contribution in [0.2, 0.25) is 0 Å². The normalized spacial score (nSPS) is 17.8. The Morgan fingerprint density at radius 3 is 2.43 bits per heavy atom. The van der Waals surface area contributed by atoms with Crippen molar-refractivity contribution < 1.29 is 9.84 Å². The lowest BCUT2D eigenvalue weighted by Gasteiger charge is -2.37. The highest BCUT2D eigenvalue weighted by atomic mass is 16.5. The Bertz CT molecular complexity index is 486. The Balaban J connectivity index is 2.35. The number of nitrogens with zero attached hydrogens (tertiary/aromatic N) is 2. The number of hydrogen-bond donors (Lipinski definition) is 4. The van der Waals surface area contributed by atoms with E-state index in [1.54, 1.807) is 0 Å². The zero-order valence-electron chi connectivity index (χ0n) is 12.9. The summed E-state index contributed by atoms with van der Waals surface area (Å²) in [6, 6.07) is 0. The second-order valence-electron chi connectivity index (χ2n) is 5.88. The molecule has 0 saturated carbocycles. The van der Waals surface area contributed by atoms with Crippen LogP contribution in [0, 0.1) is 6.92 Å². The molecule has 7 nitrogen and oxygen atoms in total. The molecule has 0 aromatic carbocycles. The molecule has 1 aliphatic rings. The predicted molar refractivity (Wildman–Crippen MR) is 82.2 cm³/mol. The molecule has 0 radical (unpaired) electrons. The lowest BCUT2D eigenvalue weighted by atomic mass is 9.91. The average Bonchev–Trinajstić information content (AvgIpc) is 2.50. The maximum absolute atomic E-state index is 9.80. The summed E-state index contributed by atoms with van der Waals surface area (Å²) in [5.74, 6) is 7.79. The monoisotopic (exact) mass is 295 g/mol. The summed E-state index contributed by atoms with van der Waals surface area (Å²) < 4.78 is 5.39. The van der Waals surface area contributed by atoms with E-state index in [-0.39, 0.29) is 12.5 Å². The van der Waals surface area contributed by atoms with Gasteiger partial charge in [-0.15, -0.1) is 0 Å². The largest absolute Gasteiger partial charge is 0.394 e. The van der Waals surface area contributed by atoms with Gasteiger partial charge in [0.15, 0.2) is 0 Å². The SMILES string of the molecule is Cc1c(NN)nc(C(C)C)nc1NC1(CO)CCOCC1. The van der Waals surface area contributed by atoms with E-state index < -0.39 is 5.54 Å². The third kappa shape index (κ3) is 3.42. The molecule has 1 aromatic heterocycles. The number of aromatic nitrogens is 2. The summed E-state index contributed by atoms with van der Waals surface area (Å²) in [6.07, 6.45) is 1.49. The van der Waals surface area contributed by atoms with Crippen LogP contribution in [0.1, 0.15) is 44.0 Å². The first kappa shape index (κ1) is 15.9. The quantitative estimate of drug-likeness (QED) is 0.477. The van der Waals surface area contributed by atoms with E-state index in [2.05, 4.69) is 20.7 Å². The van der Waals surface area contributed by atoms with Crippen molar-refractivity contribution in [3.63, 3.8) is 0 Å². The summed E-state index contributed by atoms with van der Waals surface area (Å²) >= 11 is 0. The minimum Gasteiger partial charge on any atom is -0.394 e. The van der Waals surface area contributed by atoms with E-state index in [4.69, 9.17) is 10.6 Å². The van der Waals surface area contributed by atoms with Crippen molar-refractivity contribution in [1.29, 1.82) is 0 Å². The Kier molecular flexibility index (Phi) is 4.97. The zero-order chi connectivity index (χ0) is 15.5. The van der Waals surface area contributed by atoms with Crippen molar-refractivity contribution in [2.45, 2.75) is 45.1 Å². The van der Waals surface area contributed by atoms with Gasteiger partial charge in [-0.3, -0.25) is 0 Å². The highest BCUT2D eigenvalue weighted by Crippen LogP contribution is 2.29. The highest BCUT2D eigenvalue weighted by molar-refractivity contribution is 5.58. The van der Waals surface area contributed by atoms with Crippen LogP contribution < -0.4 is 16.6 Å². The van der Waals surface area contributed by atoms with Gasteiger partial charge in [0.05, 0.1) is 12.1 Å². The fourth-order valence-electron chi connectivity index (χ4n) is 2.39. The van der Waals surface area contributed by atoms with Gasteiger partial charge in [-0.1, -0.05) is 13.8 Å². The minimum atomic E-state index is -0.391. The minimum absolute atomic E-state index is 0.0439. The molecule has 1 aliphatic heterocycles. The number of hydrogen-bond acceptors (Lipinski definition) is 7. The molecule has 2 rings (SSSR count). The van der Waals surface area contributed by atoms with Crippen molar-refractivity contribution in [3.05, 3.63) is 11.4 Å². The third-order valence-corrected chi connectivity index (χ3v) is 3.95. The molecular weight excluding hydrogens is 270 g/mol. The second kappa shape index (κ2) is 6.55. The second-order valence-corrected chi connectivity index (χ2v) is 5.88. The van der Waals surface area contributed by atoms with E-state index in [0.717, 1.165) is 30.0 Å². The average molecular weight is 295 g/mol. The molecule has 0 amide bonds. The van der Waals surface area contributed by atoms with Gasteiger partial charge in [0.1, 0.15) is 17.5 Å². The molecule has 118 valence electrons. The highest BCUT2D eigenvalue weighted by Gasteiger charge is 2.33. The first-order valence-corrected chi connectivity index (χ1v) is 7.33. The van der Waals surface area contributed by atoms with Crippen LogP contribution in [0.4, 0.5) is 11.6 Å².